The van der Waals surface area contributed by atoms with Crippen molar-refractivity contribution in [2.45, 2.75) is 44.4 Å². The summed E-state index contributed by atoms with van der Waals surface area (Å²) in [6.07, 6.45) is 6.00. The van der Waals surface area contributed by atoms with Gasteiger partial charge in [-0.25, -0.2) is 13.4 Å². The lowest BCUT2D eigenvalue weighted by Crippen LogP contribution is -2.14. The van der Waals surface area contributed by atoms with Gasteiger partial charge in [-0.15, -0.1) is 0 Å². The number of aromatic nitrogens is 1. The molecule has 2 rings (SSSR count). The number of nitrogens with one attached hydrogen (secondary N) is 2. The molecule has 0 saturated heterocycles. The molecule has 0 bridgehead atoms. The van der Waals surface area contributed by atoms with Crippen LogP contribution in [0.3, 0.4) is 0 Å². The van der Waals surface area contributed by atoms with Gasteiger partial charge in [0.2, 0.25) is 0 Å². The molecule has 0 radical (unpaired) electrons. The Balaban J connectivity index is 1.98. The predicted octanol–water partition coefficient (Wildman–Crippen LogP) is 4.05. The number of hydrogen-bond acceptors (Lipinski definition) is 4. The number of rotatable bonds is 9. The van der Waals surface area contributed by atoms with Gasteiger partial charge in [0.1, 0.15) is 5.82 Å². The number of benzene rings is 1. The number of pyridine rings is 1. The topological polar surface area (TPSA) is 71.1 Å². The summed E-state index contributed by atoms with van der Waals surface area (Å²) in [6.45, 7) is 5.09. The molecule has 2 aromatic rings. The Labute approximate surface area is 144 Å². The highest BCUT2D eigenvalue weighted by Gasteiger charge is 2.14. The molecule has 6 heteroatoms. The van der Waals surface area contributed by atoms with Crippen molar-refractivity contribution in [3.63, 3.8) is 0 Å². The second kappa shape index (κ2) is 8.68. The number of aryl methyl sites for hydroxylation is 1. The van der Waals surface area contributed by atoms with Crippen LogP contribution < -0.4 is 10.0 Å². The van der Waals surface area contributed by atoms with Gasteiger partial charge in [0.15, 0.2) is 0 Å². The van der Waals surface area contributed by atoms with Crippen LogP contribution in [0.15, 0.2) is 47.5 Å². The Hall–Kier alpha value is -2.08. The monoisotopic (exact) mass is 347 g/mol. The molecule has 5 nitrogen and oxygen atoms in total. The van der Waals surface area contributed by atoms with Gasteiger partial charge in [-0.05, 0) is 42.7 Å². The van der Waals surface area contributed by atoms with E-state index in [0.717, 1.165) is 30.6 Å². The van der Waals surface area contributed by atoms with Crippen molar-refractivity contribution in [3.8, 4) is 0 Å². The van der Waals surface area contributed by atoms with Crippen LogP contribution in [-0.2, 0) is 16.4 Å². The minimum absolute atomic E-state index is 0.239. The summed E-state index contributed by atoms with van der Waals surface area (Å²) in [6, 6.07) is 10.4. The van der Waals surface area contributed by atoms with Gasteiger partial charge < -0.3 is 5.32 Å². The average molecular weight is 347 g/mol. The standard InChI is InChI=1S/C18H25N3O2S/c1-3-5-6-13-19-16-9-12-18(20-14-16)21-24(22,23)17-10-7-15(4-2)8-11-17/h7-12,14,19H,3-6,13H2,1-2H3,(H,20,21). The van der Waals surface area contributed by atoms with Crippen molar-refractivity contribution < 1.29 is 8.42 Å². The second-order valence-electron chi connectivity index (χ2n) is 5.67. The Morgan fingerprint density at radius 3 is 2.33 bits per heavy atom. The van der Waals surface area contributed by atoms with Gasteiger partial charge in [0.25, 0.3) is 10.0 Å². The zero-order chi connectivity index (χ0) is 17.4. The molecule has 0 saturated carbocycles. The molecular formula is C18H25N3O2S. The van der Waals surface area contributed by atoms with E-state index < -0.39 is 10.0 Å². The molecule has 2 N–H and O–H groups in total. The van der Waals surface area contributed by atoms with Gasteiger partial charge in [-0.1, -0.05) is 38.8 Å². The fourth-order valence-electron chi connectivity index (χ4n) is 2.27. The maximum Gasteiger partial charge on any atom is 0.263 e. The lowest BCUT2D eigenvalue weighted by molar-refractivity contribution is 0.601. The van der Waals surface area contributed by atoms with Crippen molar-refractivity contribution >= 4 is 21.5 Å². The molecule has 0 spiro atoms. The minimum atomic E-state index is -3.61. The summed E-state index contributed by atoms with van der Waals surface area (Å²) >= 11 is 0. The fourth-order valence-corrected chi connectivity index (χ4v) is 3.28. The van der Waals surface area contributed by atoms with Crippen LogP contribution in [0.1, 0.15) is 38.7 Å². The van der Waals surface area contributed by atoms with Crippen LogP contribution in [0.25, 0.3) is 0 Å². The second-order valence-corrected chi connectivity index (χ2v) is 7.35. The van der Waals surface area contributed by atoms with Crippen LogP contribution in [0.2, 0.25) is 0 Å². The Morgan fingerprint density at radius 2 is 1.75 bits per heavy atom. The first-order valence-corrected chi connectivity index (χ1v) is 9.85. The molecule has 0 unspecified atom stereocenters. The Bertz CT molecular complexity index is 726. The quantitative estimate of drug-likeness (QED) is 0.671. The normalized spacial score (nSPS) is 11.2. The summed E-state index contributed by atoms with van der Waals surface area (Å²) < 4.78 is 27.2. The molecule has 1 heterocycles. The highest BCUT2D eigenvalue weighted by molar-refractivity contribution is 7.92. The molecule has 0 aliphatic carbocycles. The molecule has 1 aromatic carbocycles. The maximum absolute atomic E-state index is 12.4. The van der Waals surface area contributed by atoms with Gasteiger partial charge >= 0.3 is 0 Å². The highest BCUT2D eigenvalue weighted by Crippen LogP contribution is 2.17. The van der Waals surface area contributed by atoms with Gasteiger partial charge in [-0.3, -0.25) is 4.72 Å². The van der Waals surface area contributed by atoms with Gasteiger partial charge in [-0.2, -0.15) is 0 Å². The molecule has 0 amide bonds. The van der Waals surface area contributed by atoms with Crippen LogP contribution in [0.4, 0.5) is 11.5 Å². The SMILES string of the molecule is CCCCCNc1ccc(NS(=O)(=O)c2ccc(CC)cc2)nc1. The van der Waals surface area contributed by atoms with Gasteiger partial charge in [0.05, 0.1) is 16.8 Å². The molecule has 0 fully saturated rings. The minimum Gasteiger partial charge on any atom is -0.384 e. The first-order chi connectivity index (χ1) is 11.5. The van der Waals surface area contributed by atoms with Crippen molar-refractivity contribution in [2.24, 2.45) is 0 Å². The van der Waals surface area contributed by atoms with Gasteiger partial charge in [0, 0.05) is 6.54 Å². The summed E-state index contributed by atoms with van der Waals surface area (Å²) in [7, 11) is -3.61. The maximum atomic E-state index is 12.4. The number of unbranched alkanes of at least 4 members (excludes halogenated alkanes) is 2. The summed E-state index contributed by atoms with van der Waals surface area (Å²) in [5.74, 6) is 0.314. The van der Waals surface area contributed by atoms with Crippen molar-refractivity contribution in [1.29, 1.82) is 0 Å². The number of sulfonamides is 1. The van der Waals surface area contributed by atoms with Crippen LogP contribution in [-0.4, -0.2) is 19.9 Å². The van der Waals surface area contributed by atoms with E-state index in [9.17, 15) is 8.42 Å². The predicted molar refractivity (Wildman–Crippen MR) is 98.9 cm³/mol. The summed E-state index contributed by atoms with van der Waals surface area (Å²) in [5.41, 5.74) is 1.99. The third-order valence-electron chi connectivity index (χ3n) is 3.75. The fraction of sp³-hybridized carbons (Fsp3) is 0.389. The average Bonchev–Trinajstić information content (AvgIpc) is 2.60. The molecule has 0 aliphatic rings. The van der Waals surface area contributed by atoms with Crippen molar-refractivity contribution in [3.05, 3.63) is 48.2 Å². The molecule has 1 aromatic heterocycles. The molecule has 24 heavy (non-hydrogen) atoms. The van der Waals surface area contributed by atoms with Crippen LogP contribution in [0.5, 0.6) is 0 Å². The largest absolute Gasteiger partial charge is 0.384 e. The Kier molecular flexibility index (Phi) is 6.61. The Morgan fingerprint density at radius 1 is 1.00 bits per heavy atom. The van der Waals surface area contributed by atoms with E-state index in [1.54, 1.807) is 24.4 Å². The summed E-state index contributed by atoms with van der Waals surface area (Å²) in [4.78, 5) is 4.41. The van der Waals surface area contributed by atoms with E-state index in [4.69, 9.17) is 0 Å². The van der Waals surface area contributed by atoms with Crippen LogP contribution >= 0.6 is 0 Å². The van der Waals surface area contributed by atoms with E-state index in [0.29, 0.717) is 5.82 Å². The lowest BCUT2D eigenvalue weighted by Gasteiger charge is -2.09. The number of anilines is 2. The zero-order valence-electron chi connectivity index (χ0n) is 14.2. The smallest absolute Gasteiger partial charge is 0.263 e. The van der Waals surface area contributed by atoms with E-state index >= 15 is 0 Å². The lowest BCUT2D eigenvalue weighted by atomic mass is 10.2. The highest BCUT2D eigenvalue weighted by atomic mass is 32.2. The molecular weight excluding hydrogens is 322 g/mol. The van der Waals surface area contributed by atoms with Crippen molar-refractivity contribution in [1.82, 2.24) is 4.98 Å². The number of hydrogen-bond donors (Lipinski definition) is 2. The number of nitrogens with zero attached hydrogens (tertiary/aromatic N) is 1. The van der Waals surface area contributed by atoms with E-state index in [2.05, 4.69) is 21.9 Å². The van der Waals surface area contributed by atoms with Crippen LogP contribution in [0, 0.1) is 0 Å². The molecule has 0 aliphatic heterocycles. The van der Waals surface area contributed by atoms with E-state index in [1.165, 1.54) is 12.8 Å². The summed E-state index contributed by atoms with van der Waals surface area (Å²) in [5, 5.41) is 3.27. The van der Waals surface area contributed by atoms with E-state index in [1.807, 2.05) is 25.1 Å². The molecule has 0 atom stereocenters. The third-order valence-corrected chi connectivity index (χ3v) is 5.12. The molecule has 130 valence electrons. The first kappa shape index (κ1) is 18.3. The first-order valence-electron chi connectivity index (χ1n) is 8.37. The zero-order valence-corrected chi connectivity index (χ0v) is 15.1. The third kappa shape index (κ3) is 5.23. The van der Waals surface area contributed by atoms with E-state index in [-0.39, 0.29) is 4.90 Å². The van der Waals surface area contributed by atoms with Crippen molar-refractivity contribution in [2.75, 3.05) is 16.6 Å².